The molecule has 0 saturated heterocycles. The second kappa shape index (κ2) is 4.29. The van der Waals surface area contributed by atoms with Crippen molar-refractivity contribution in [3.63, 3.8) is 0 Å². The van der Waals surface area contributed by atoms with Crippen molar-refractivity contribution in [2.45, 2.75) is 0 Å². The second-order valence-electron chi connectivity index (χ2n) is 3.53. The quantitative estimate of drug-likeness (QED) is 0.641. The number of benzene rings is 1. The van der Waals surface area contributed by atoms with Crippen molar-refractivity contribution in [1.82, 2.24) is 4.57 Å². The Labute approximate surface area is 105 Å². The fourth-order valence-corrected chi connectivity index (χ4v) is 1.68. The molecule has 2 aromatic rings. The molecule has 0 spiro atoms. The molecule has 0 fully saturated rings. The second-order valence-corrected chi connectivity index (χ2v) is 3.53. The Morgan fingerprint density at radius 1 is 0.895 bits per heavy atom. The maximum Gasteiger partial charge on any atom is 0.411 e. The molecule has 1 aromatic carbocycles. The number of hydrogen-bond donors (Lipinski definition) is 2. The number of rotatable bonds is 3. The lowest BCUT2D eigenvalue weighted by molar-refractivity contribution is -0.422. The largest absolute Gasteiger partial charge is 0.489 e. The number of aromatic nitrogens is 1. The summed E-state index contributed by atoms with van der Waals surface area (Å²) in [6.45, 7) is 0. The van der Waals surface area contributed by atoms with Gasteiger partial charge in [-0.15, -0.1) is 0 Å². The summed E-state index contributed by atoms with van der Waals surface area (Å²) in [5, 5.41) is 41.0. The van der Waals surface area contributed by atoms with Crippen molar-refractivity contribution >= 4 is 11.4 Å². The fraction of sp³-hybridized carbons (Fsp3) is 0. The highest BCUT2D eigenvalue weighted by molar-refractivity contribution is 5.70. The minimum absolute atomic E-state index is 0.161. The lowest BCUT2D eigenvalue weighted by Gasteiger charge is -2.03. The van der Waals surface area contributed by atoms with E-state index in [9.17, 15) is 30.4 Å². The topological polar surface area (TPSA) is 132 Å². The van der Waals surface area contributed by atoms with Crippen molar-refractivity contribution < 1.29 is 20.1 Å². The van der Waals surface area contributed by atoms with Crippen molar-refractivity contribution in [1.29, 1.82) is 0 Å². The number of nitrogens with zero attached hydrogens (tertiary/aromatic N) is 3. The van der Waals surface area contributed by atoms with Crippen LogP contribution in [0.2, 0.25) is 0 Å². The van der Waals surface area contributed by atoms with Crippen LogP contribution in [0.1, 0.15) is 0 Å². The van der Waals surface area contributed by atoms with Crippen LogP contribution in [0.5, 0.6) is 11.8 Å². The Kier molecular flexibility index (Phi) is 2.79. The Balaban J connectivity index is 2.81. The summed E-state index contributed by atoms with van der Waals surface area (Å²) >= 11 is 0. The van der Waals surface area contributed by atoms with Crippen molar-refractivity contribution in [3.05, 3.63) is 50.6 Å². The summed E-state index contributed by atoms with van der Waals surface area (Å²) in [5.74, 6) is -2.00. The average molecular weight is 265 g/mol. The molecule has 0 aliphatic rings. The lowest BCUT2D eigenvalue weighted by atomic mass is 10.3. The molecule has 9 nitrogen and oxygen atoms in total. The van der Waals surface area contributed by atoms with Gasteiger partial charge in [-0.1, -0.05) is 18.2 Å². The summed E-state index contributed by atoms with van der Waals surface area (Å²) in [4.78, 5) is 19.3. The molecule has 0 radical (unpaired) electrons. The molecule has 98 valence electrons. The third-order valence-electron chi connectivity index (χ3n) is 2.45. The molecule has 0 amide bonds. The van der Waals surface area contributed by atoms with Crippen LogP contribution in [-0.4, -0.2) is 24.6 Å². The zero-order chi connectivity index (χ0) is 14.2. The first-order valence-corrected chi connectivity index (χ1v) is 4.96. The Morgan fingerprint density at radius 2 is 1.32 bits per heavy atom. The molecule has 0 bridgehead atoms. The SMILES string of the molecule is O=[N+]([O-])c1c([N+](=O)[O-])c(O)n(-c2ccccc2)c1O. The first kappa shape index (κ1) is 12.4. The number of para-hydroxylation sites is 1. The predicted octanol–water partition coefficient (Wildman–Crippen LogP) is 1.70. The van der Waals surface area contributed by atoms with Crippen LogP contribution in [0.3, 0.4) is 0 Å². The number of hydrogen-bond acceptors (Lipinski definition) is 6. The van der Waals surface area contributed by atoms with Crippen LogP contribution < -0.4 is 0 Å². The summed E-state index contributed by atoms with van der Waals surface area (Å²) in [5.41, 5.74) is -2.13. The minimum Gasteiger partial charge on any atom is -0.489 e. The van der Waals surface area contributed by atoms with E-state index in [-0.39, 0.29) is 5.69 Å². The Bertz CT molecular complexity index is 626. The number of aromatic hydroxyl groups is 2. The van der Waals surface area contributed by atoms with E-state index >= 15 is 0 Å². The third kappa shape index (κ3) is 1.82. The maximum absolute atomic E-state index is 10.8. The van der Waals surface area contributed by atoms with Gasteiger partial charge in [0.15, 0.2) is 0 Å². The van der Waals surface area contributed by atoms with Crippen molar-refractivity contribution in [2.75, 3.05) is 0 Å². The van der Waals surface area contributed by atoms with E-state index < -0.39 is 33.0 Å². The summed E-state index contributed by atoms with van der Waals surface area (Å²) in [6.07, 6.45) is 0. The van der Waals surface area contributed by atoms with Crippen LogP contribution >= 0.6 is 0 Å². The van der Waals surface area contributed by atoms with Gasteiger partial charge in [0.2, 0.25) is 0 Å². The molecule has 2 rings (SSSR count). The average Bonchev–Trinajstić information content (AvgIpc) is 2.62. The molecule has 0 atom stereocenters. The van der Waals surface area contributed by atoms with Gasteiger partial charge < -0.3 is 10.2 Å². The summed E-state index contributed by atoms with van der Waals surface area (Å²) in [6, 6.07) is 7.58. The first-order valence-electron chi connectivity index (χ1n) is 4.96. The van der Waals surface area contributed by atoms with Crippen LogP contribution in [0, 0.1) is 20.2 Å². The summed E-state index contributed by atoms with van der Waals surface area (Å²) < 4.78 is 0.635. The van der Waals surface area contributed by atoms with E-state index in [0.717, 1.165) is 0 Å². The van der Waals surface area contributed by atoms with Crippen LogP contribution in [-0.2, 0) is 0 Å². The Morgan fingerprint density at radius 3 is 1.68 bits per heavy atom. The van der Waals surface area contributed by atoms with Crippen LogP contribution in [0.4, 0.5) is 11.4 Å². The molecular formula is C10H7N3O6. The van der Waals surface area contributed by atoms with Gasteiger partial charge in [0.1, 0.15) is 0 Å². The number of nitro groups is 2. The Hall–Kier alpha value is -3.10. The van der Waals surface area contributed by atoms with E-state index in [2.05, 4.69) is 0 Å². The molecule has 0 unspecified atom stereocenters. The standard InChI is InChI=1S/C10H7N3O6/c14-9-7(12(16)17)8(13(18)19)10(15)11(9)6-4-2-1-3-5-6/h1-5,14-15H. The highest BCUT2D eigenvalue weighted by Gasteiger charge is 2.40. The predicted molar refractivity (Wildman–Crippen MR) is 62.4 cm³/mol. The fourth-order valence-electron chi connectivity index (χ4n) is 1.68. The van der Waals surface area contributed by atoms with Gasteiger partial charge in [-0.05, 0) is 12.1 Å². The highest BCUT2D eigenvalue weighted by Crippen LogP contribution is 2.47. The molecule has 0 saturated carbocycles. The van der Waals surface area contributed by atoms with Gasteiger partial charge in [-0.2, -0.15) is 0 Å². The minimum atomic E-state index is -1.15. The van der Waals surface area contributed by atoms with Crippen molar-refractivity contribution in [2.24, 2.45) is 0 Å². The van der Waals surface area contributed by atoms with E-state index in [1.807, 2.05) is 0 Å². The zero-order valence-electron chi connectivity index (χ0n) is 9.26. The molecule has 9 heteroatoms. The van der Waals surface area contributed by atoms with Crippen LogP contribution in [0.15, 0.2) is 30.3 Å². The van der Waals surface area contributed by atoms with Gasteiger partial charge in [0, 0.05) is 0 Å². The zero-order valence-corrected chi connectivity index (χ0v) is 9.26. The van der Waals surface area contributed by atoms with E-state index in [1.165, 1.54) is 12.1 Å². The molecule has 19 heavy (non-hydrogen) atoms. The molecule has 1 heterocycles. The summed E-state index contributed by atoms with van der Waals surface area (Å²) in [7, 11) is 0. The smallest absolute Gasteiger partial charge is 0.411 e. The van der Waals surface area contributed by atoms with Gasteiger partial charge in [-0.25, -0.2) is 4.57 Å². The van der Waals surface area contributed by atoms with Crippen LogP contribution in [0.25, 0.3) is 5.69 Å². The highest BCUT2D eigenvalue weighted by atomic mass is 16.6. The van der Waals surface area contributed by atoms with E-state index in [0.29, 0.717) is 4.57 Å². The van der Waals surface area contributed by atoms with E-state index in [4.69, 9.17) is 0 Å². The van der Waals surface area contributed by atoms with Gasteiger partial charge in [0.25, 0.3) is 11.8 Å². The normalized spacial score (nSPS) is 10.3. The maximum atomic E-state index is 10.8. The first-order chi connectivity index (χ1) is 8.95. The molecule has 1 aromatic heterocycles. The molecule has 0 aliphatic carbocycles. The van der Waals surface area contributed by atoms with Gasteiger partial charge in [0.05, 0.1) is 15.5 Å². The lowest BCUT2D eigenvalue weighted by Crippen LogP contribution is -1.93. The monoisotopic (exact) mass is 265 g/mol. The van der Waals surface area contributed by atoms with Crippen molar-refractivity contribution in [3.8, 4) is 17.4 Å². The molecular weight excluding hydrogens is 258 g/mol. The third-order valence-corrected chi connectivity index (χ3v) is 2.45. The molecule has 2 N–H and O–H groups in total. The van der Waals surface area contributed by atoms with Gasteiger partial charge in [-0.3, -0.25) is 20.2 Å². The molecule has 0 aliphatic heterocycles. The van der Waals surface area contributed by atoms with E-state index in [1.54, 1.807) is 18.2 Å². The van der Waals surface area contributed by atoms with Gasteiger partial charge >= 0.3 is 11.4 Å².